The number of aryl methyl sites for hydroxylation is 1. The fourth-order valence-corrected chi connectivity index (χ4v) is 3.60. The first-order valence-corrected chi connectivity index (χ1v) is 8.97. The molecule has 138 valence electrons. The van der Waals surface area contributed by atoms with Crippen molar-refractivity contribution in [3.05, 3.63) is 65.2 Å². The van der Waals surface area contributed by atoms with Crippen LogP contribution in [-0.2, 0) is 6.42 Å². The van der Waals surface area contributed by atoms with E-state index in [-0.39, 0.29) is 11.5 Å². The zero-order valence-corrected chi connectivity index (χ0v) is 15.2. The summed E-state index contributed by atoms with van der Waals surface area (Å²) in [4.78, 5) is 12.3. The Bertz CT molecular complexity index is 1290. The summed E-state index contributed by atoms with van der Waals surface area (Å²) in [5.41, 5.74) is 12.8. The number of phenols is 2. The molecule has 0 amide bonds. The van der Waals surface area contributed by atoms with Crippen LogP contribution in [-0.4, -0.2) is 25.9 Å². The topological polar surface area (TPSA) is 108 Å². The number of aromatic amines is 1. The van der Waals surface area contributed by atoms with Crippen LogP contribution in [0, 0.1) is 6.92 Å². The van der Waals surface area contributed by atoms with E-state index in [1.807, 2.05) is 31.2 Å². The van der Waals surface area contributed by atoms with Crippen LogP contribution in [0.15, 0.2) is 53.5 Å². The molecule has 6 nitrogen and oxygen atoms in total. The average Bonchev–Trinajstić information content (AvgIpc) is 3.26. The largest absolute Gasteiger partial charge is 0.507 e. The second kappa shape index (κ2) is 5.85. The van der Waals surface area contributed by atoms with Crippen LogP contribution in [0.2, 0.25) is 0 Å². The third-order valence-corrected chi connectivity index (χ3v) is 5.04. The number of hydrogen-bond acceptors (Lipinski definition) is 5. The number of anilines is 1. The molecule has 2 heterocycles. The van der Waals surface area contributed by atoms with Crippen LogP contribution in [0.3, 0.4) is 0 Å². The van der Waals surface area contributed by atoms with E-state index in [0.29, 0.717) is 29.1 Å². The molecule has 28 heavy (non-hydrogen) atoms. The van der Waals surface area contributed by atoms with Gasteiger partial charge in [0.2, 0.25) is 0 Å². The first kappa shape index (κ1) is 16.4. The number of aliphatic imine (C=N–C) groups is 1. The maximum atomic E-state index is 10.6. The molecule has 3 aromatic carbocycles. The van der Waals surface area contributed by atoms with Crippen molar-refractivity contribution < 1.29 is 10.2 Å². The van der Waals surface area contributed by atoms with Crippen LogP contribution < -0.4 is 5.73 Å². The Balaban J connectivity index is 1.56. The van der Waals surface area contributed by atoms with Crippen molar-refractivity contribution in [1.82, 2.24) is 9.97 Å². The molecule has 0 saturated heterocycles. The van der Waals surface area contributed by atoms with Gasteiger partial charge >= 0.3 is 0 Å². The molecule has 5 N–H and O–H groups in total. The molecule has 0 spiro atoms. The predicted octanol–water partition coefficient (Wildman–Crippen LogP) is 4.21. The number of fused-ring (bicyclic) bond motifs is 2. The molecule has 1 aliphatic rings. The molecule has 1 aliphatic heterocycles. The highest BCUT2D eigenvalue weighted by Crippen LogP contribution is 2.38. The maximum absolute atomic E-state index is 10.6. The predicted molar refractivity (Wildman–Crippen MR) is 110 cm³/mol. The number of phenolic OH excluding ortho intramolecular Hbond substituents is 2. The van der Waals surface area contributed by atoms with E-state index < -0.39 is 0 Å². The smallest absolute Gasteiger partial charge is 0.142 e. The number of aromatic nitrogens is 2. The van der Waals surface area contributed by atoms with E-state index in [9.17, 15) is 10.2 Å². The summed E-state index contributed by atoms with van der Waals surface area (Å²) in [7, 11) is 0. The van der Waals surface area contributed by atoms with Gasteiger partial charge in [0.25, 0.3) is 0 Å². The maximum Gasteiger partial charge on any atom is 0.142 e. The van der Waals surface area contributed by atoms with E-state index in [1.165, 1.54) is 6.07 Å². The molecule has 4 aromatic rings. The molecular formula is C22H18N4O2. The second-order valence-corrected chi connectivity index (χ2v) is 7.12. The lowest BCUT2D eigenvalue weighted by atomic mass is 10.0. The summed E-state index contributed by atoms with van der Waals surface area (Å²) in [5.74, 6) is 0.540. The normalized spacial score (nSPS) is 13.0. The Morgan fingerprint density at radius 1 is 0.964 bits per heavy atom. The van der Waals surface area contributed by atoms with Gasteiger partial charge in [0.1, 0.15) is 17.3 Å². The van der Waals surface area contributed by atoms with Crippen molar-refractivity contribution in [1.29, 1.82) is 0 Å². The summed E-state index contributed by atoms with van der Waals surface area (Å²) >= 11 is 0. The van der Waals surface area contributed by atoms with Gasteiger partial charge < -0.3 is 20.9 Å². The Morgan fingerprint density at radius 2 is 1.75 bits per heavy atom. The zero-order chi connectivity index (χ0) is 19.4. The third kappa shape index (κ3) is 2.58. The van der Waals surface area contributed by atoms with Gasteiger partial charge in [-0.15, -0.1) is 0 Å². The molecule has 1 aromatic heterocycles. The van der Waals surface area contributed by atoms with E-state index >= 15 is 0 Å². The van der Waals surface area contributed by atoms with Gasteiger partial charge in [-0.1, -0.05) is 12.1 Å². The molecule has 0 bridgehead atoms. The number of nitrogens with two attached hydrogens (primary N) is 1. The summed E-state index contributed by atoms with van der Waals surface area (Å²) in [6.07, 6.45) is 0.617. The van der Waals surface area contributed by atoms with Gasteiger partial charge in [-0.2, -0.15) is 0 Å². The Labute approximate surface area is 161 Å². The van der Waals surface area contributed by atoms with Crippen LogP contribution in [0.25, 0.3) is 22.4 Å². The first-order chi connectivity index (χ1) is 13.5. The summed E-state index contributed by atoms with van der Waals surface area (Å²) in [6.45, 7) is 2.02. The SMILES string of the molecule is Cc1ccc2c(c1)N=C(c1cc(O)c(-c3nc4ccc(N)cc4[nH]3)cc1O)C2. The number of nitrogens with zero attached hydrogens (tertiary/aromatic N) is 2. The van der Waals surface area contributed by atoms with E-state index in [0.717, 1.165) is 33.6 Å². The van der Waals surface area contributed by atoms with Crippen LogP contribution in [0.1, 0.15) is 16.7 Å². The summed E-state index contributed by atoms with van der Waals surface area (Å²) in [6, 6.07) is 14.5. The average molecular weight is 370 g/mol. The minimum atomic E-state index is 0.0228. The lowest BCUT2D eigenvalue weighted by molar-refractivity contribution is 0.460. The van der Waals surface area contributed by atoms with Crippen molar-refractivity contribution in [3.63, 3.8) is 0 Å². The first-order valence-electron chi connectivity index (χ1n) is 8.97. The van der Waals surface area contributed by atoms with E-state index in [2.05, 4.69) is 15.0 Å². The van der Waals surface area contributed by atoms with E-state index in [4.69, 9.17) is 5.73 Å². The minimum absolute atomic E-state index is 0.0228. The number of aromatic hydroxyl groups is 2. The number of rotatable bonds is 2. The van der Waals surface area contributed by atoms with Crippen molar-refractivity contribution in [2.75, 3.05) is 5.73 Å². The fourth-order valence-electron chi connectivity index (χ4n) is 3.60. The van der Waals surface area contributed by atoms with E-state index in [1.54, 1.807) is 18.2 Å². The van der Waals surface area contributed by atoms with Gasteiger partial charge in [0.05, 0.1) is 28.0 Å². The Morgan fingerprint density at radius 3 is 2.61 bits per heavy atom. The number of nitrogen functional groups attached to an aromatic ring is 1. The number of benzene rings is 3. The van der Waals surface area contributed by atoms with Gasteiger partial charge in [0.15, 0.2) is 0 Å². The molecule has 0 saturated carbocycles. The second-order valence-electron chi connectivity index (χ2n) is 7.12. The summed E-state index contributed by atoms with van der Waals surface area (Å²) in [5, 5.41) is 21.3. The molecule has 0 aliphatic carbocycles. The van der Waals surface area contributed by atoms with Gasteiger partial charge in [-0.3, -0.25) is 4.99 Å². The number of hydrogen-bond donors (Lipinski definition) is 4. The fraction of sp³-hybridized carbons (Fsp3) is 0.0909. The van der Waals surface area contributed by atoms with Gasteiger partial charge in [0, 0.05) is 17.7 Å². The quantitative estimate of drug-likeness (QED) is 0.313. The van der Waals surface area contributed by atoms with Crippen molar-refractivity contribution in [2.24, 2.45) is 4.99 Å². The highest BCUT2D eigenvalue weighted by molar-refractivity contribution is 6.09. The highest BCUT2D eigenvalue weighted by atomic mass is 16.3. The van der Waals surface area contributed by atoms with Crippen LogP contribution in [0.4, 0.5) is 11.4 Å². The Hall–Kier alpha value is -3.80. The molecule has 6 heteroatoms. The van der Waals surface area contributed by atoms with Gasteiger partial charge in [-0.25, -0.2) is 4.98 Å². The molecule has 5 rings (SSSR count). The lowest BCUT2D eigenvalue weighted by Gasteiger charge is -2.08. The van der Waals surface area contributed by atoms with Gasteiger partial charge in [-0.05, 0) is 54.4 Å². The summed E-state index contributed by atoms with van der Waals surface area (Å²) < 4.78 is 0. The molecule has 0 fully saturated rings. The molecule has 0 radical (unpaired) electrons. The van der Waals surface area contributed by atoms with Crippen LogP contribution in [0.5, 0.6) is 11.5 Å². The number of H-pyrrole nitrogens is 1. The highest BCUT2D eigenvalue weighted by Gasteiger charge is 2.21. The van der Waals surface area contributed by atoms with Crippen molar-refractivity contribution in [3.8, 4) is 22.9 Å². The molecule has 0 atom stereocenters. The number of nitrogens with one attached hydrogen (secondary N) is 1. The van der Waals surface area contributed by atoms with Crippen molar-refractivity contribution in [2.45, 2.75) is 13.3 Å². The monoisotopic (exact) mass is 370 g/mol. The van der Waals surface area contributed by atoms with Crippen LogP contribution >= 0.6 is 0 Å². The lowest BCUT2D eigenvalue weighted by Crippen LogP contribution is -2.01. The van der Waals surface area contributed by atoms with Crippen molar-refractivity contribution >= 4 is 28.1 Å². The standard InChI is InChI=1S/C22H18N4O2/c1-11-2-3-12-7-18(24-17(12)6-11)14-9-21(28)15(10-20(14)27)22-25-16-5-4-13(23)8-19(16)26-22/h2-6,8-10,27-28H,7,23H2,1H3,(H,25,26). The molecule has 0 unspecified atom stereocenters. The molecular weight excluding hydrogens is 352 g/mol. The number of imidazole rings is 1. The Kier molecular flexibility index (Phi) is 3.42. The third-order valence-electron chi connectivity index (χ3n) is 5.04. The minimum Gasteiger partial charge on any atom is -0.507 e. The zero-order valence-electron chi connectivity index (χ0n) is 15.2.